The molecule has 0 saturated carbocycles. The van der Waals surface area contributed by atoms with Crippen LogP contribution in [0, 0.1) is 0 Å². The molecule has 1 fully saturated rings. The van der Waals surface area contributed by atoms with Crippen LogP contribution in [-0.2, 0) is 32.1 Å². The van der Waals surface area contributed by atoms with Gasteiger partial charge in [0.25, 0.3) is 0 Å². The van der Waals surface area contributed by atoms with Gasteiger partial charge < -0.3 is 25.4 Å². The number of likely N-dealkylation sites (tertiary alicyclic amines) is 1. The Morgan fingerprint density at radius 2 is 1.90 bits per heavy atom. The van der Waals surface area contributed by atoms with Gasteiger partial charge in [-0.15, -0.1) is 0 Å². The lowest BCUT2D eigenvalue weighted by Crippen LogP contribution is -2.53. The van der Waals surface area contributed by atoms with Gasteiger partial charge in [-0.2, -0.15) is 0 Å². The summed E-state index contributed by atoms with van der Waals surface area (Å²) >= 11 is 0. The van der Waals surface area contributed by atoms with Gasteiger partial charge >= 0.3 is 5.97 Å². The van der Waals surface area contributed by atoms with Crippen molar-refractivity contribution in [3.63, 3.8) is 0 Å². The Bertz CT molecular complexity index is 1310. The molecule has 2 heterocycles. The normalized spacial score (nSPS) is 15.6. The second-order valence-corrected chi connectivity index (χ2v) is 9.45. The monoisotopic (exact) mass is 533 g/mol. The van der Waals surface area contributed by atoms with Gasteiger partial charge in [-0.05, 0) is 67.0 Å². The van der Waals surface area contributed by atoms with Gasteiger partial charge in [-0.25, -0.2) is 4.98 Å². The molecule has 2 unspecified atom stereocenters. The molecule has 2 atom stereocenters. The van der Waals surface area contributed by atoms with E-state index in [-0.39, 0.29) is 25.0 Å². The van der Waals surface area contributed by atoms with Crippen LogP contribution in [0.25, 0.3) is 10.8 Å². The number of carbonyl (C=O) groups excluding carboxylic acids is 3. The number of hydrogen-bond donors (Lipinski definition) is 3. The van der Waals surface area contributed by atoms with Crippen molar-refractivity contribution in [1.29, 1.82) is 0 Å². The van der Waals surface area contributed by atoms with Crippen molar-refractivity contribution < 1.29 is 23.9 Å². The zero-order chi connectivity index (χ0) is 27.8. The molecule has 10 nitrogen and oxygen atoms in total. The Hall–Kier alpha value is -4.18. The largest absolute Gasteiger partial charge is 0.497 e. The van der Waals surface area contributed by atoms with Crippen molar-refractivity contribution in [3.8, 4) is 5.75 Å². The van der Waals surface area contributed by atoms with Crippen molar-refractivity contribution >= 4 is 34.4 Å². The molecule has 1 aliphatic rings. The number of anilines is 1. The molecule has 0 spiro atoms. The summed E-state index contributed by atoms with van der Waals surface area (Å²) in [4.78, 5) is 44.7. The topological polar surface area (TPSA) is 136 Å². The minimum Gasteiger partial charge on any atom is -0.497 e. The third kappa shape index (κ3) is 7.02. The number of ether oxygens (including phenoxy) is 2. The number of fused-ring (bicyclic) bond motifs is 1. The van der Waals surface area contributed by atoms with E-state index in [2.05, 4.69) is 15.6 Å². The lowest BCUT2D eigenvalue weighted by atomic mass is 10.0. The number of benzene rings is 2. The number of hydrogen-bond acceptors (Lipinski definition) is 8. The summed E-state index contributed by atoms with van der Waals surface area (Å²) in [5.74, 6) is 0.312. The van der Waals surface area contributed by atoms with Gasteiger partial charge in [0.2, 0.25) is 11.8 Å². The third-order valence-electron chi connectivity index (χ3n) is 6.86. The highest BCUT2D eigenvalue weighted by Gasteiger charge is 2.37. The molecule has 206 valence electrons. The van der Waals surface area contributed by atoms with Crippen LogP contribution in [0.1, 0.15) is 30.9 Å². The number of nitrogens with zero attached hydrogens (tertiary/aromatic N) is 2. The number of nitrogens with two attached hydrogens (primary N) is 1. The molecule has 4 rings (SSSR count). The molecule has 2 amide bonds. The van der Waals surface area contributed by atoms with Crippen molar-refractivity contribution in [2.45, 2.75) is 44.8 Å². The van der Waals surface area contributed by atoms with Crippen molar-refractivity contribution in [2.75, 3.05) is 32.5 Å². The highest BCUT2D eigenvalue weighted by molar-refractivity contribution is 5.92. The summed E-state index contributed by atoms with van der Waals surface area (Å²) in [6, 6.07) is 13.8. The second kappa shape index (κ2) is 13.1. The molecule has 1 saturated heterocycles. The number of rotatable bonds is 11. The molecular weight excluding hydrogens is 498 g/mol. The minimum atomic E-state index is -0.698. The molecule has 0 aliphatic carbocycles. The number of amides is 2. The highest BCUT2D eigenvalue weighted by atomic mass is 16.5. The van der Waals surface area contributed by atoms with Crippen LogP contribution >= 0.6 is 0 Å². The van der Waals surface area contributed by atoms with E-state index in [9.17, 15) is 14.4 Å². The first kappa shape index (κ1) is 27.8. The van der Waals surface area contributed by atoms with E-state index in [4.69, 9.17) is 15.2 Å². The molecule has 0 radical (unpaired) electrons. The Morgan fingerprint density at radius 3 is 2.64 bits per heavy atom. The van der Waals surface area contributed by atoms with E-state index in [1.54, 1.807) is 25.1 Å². The van der Waals surface area contributed by atoms with Gasteiger partial charge in [0.15, 0.2) is 0 Å². The van der Waals surface area contributed by atoms with E-state index in [1.807, 2.05) is 48.5 Å². The van der Waals surface area contributed by atoms with Gasteiger partial charge in [0.1, 0.15) is 17.6 Å². The maximum Gasteiger partial charge on any atom is 0.319 e. The molecule has 2 aromatic carbocycles. The number of nitrogens with one attached hydrogen (secondary N) is 2. The van der Waals surface area contributed by atoms with Crippen molar-refractivity contribution in [1.82, 2.24) is 20.5 Å². The Labute approximate surface area is 227 Å². The van der Waals surface area contributed by atoms with Crippen LogP contribution < -0.4 is 21.1 Å². The van der Waals surface area contributed by atoms with Crippen LogP contribution in [0.5, 0.6) is 5.75 Å². The molecule has 1 aliphatic heterocycles. The van der Waals surface area contributed by atoms with E-state index >= 15 is 0 Å². The average Bonchev–Trinajstić information content (AvgIpc) is 3.44. The molecular formula is C29H35N5O5. The third-order valence-corrected chi connectivity index (χ3v) is 6.86. The molecule has 39 heavy (non-hydrogen) atoms. The lowest BCUT2D eigenvalue weighted by Gasteiger charge is -2.29. The summed E-state index contributed by atoms with van der Waals surface area (Å²) in [7, 11) is 1.59. The molecule has 3 aromatic rings. The number of esters is 1. The van der Waals surface area contributed by atoms with Crippen molar-refractivity contribution in [3.05, 3.63) is 65.9 Å². The van der Waals surface area contributed by atoms with E-state index in [0.29, 0.717) is 37.5 Å². The Kier molecular flexibility index (Phi) is 9.32. The van der Waals surface area contributed by atoms with E-state index in [0.717, 1.165) is 28.3 Å². The maximum atomic E-state index is 13.7. The van der Waals surface area contributed by atoms with Gasteiger partial charge in [0.05, 0.1) is 26.3 Å². The zero-order valence-electron chi connectivity index (χ0n) is 22.3. The number of nitrogen functional groups attached to an aromatic ring is 1. The quantitative estimate of drug-likeness (QED) is 0.319. The van der Waals surface area contributed by atoms with Gasteiger partial charge in [-0.1, -0.05) is 24.3 Å². The first-order valence-corrected chi connectivity index (χ1v) is 13.1. The molecule has 10 heteroatoms. The SMILES string of the molecule is CCOC(=O)CNC(Cc1ccc(OC)cc1)C(=O)N1CCCC1C(=O)NCc1ccc2c(N)nccc2c1. The maximum absolute atomic E-state index is 13.7. The number of aromatic nitrogens is 1. The fourth-order valence-corrected chi connectivity index (χ4v) is 4.83. The first-order chi connectivity index (χ1) is 18.9. The van der Waals surface area contributed by atoms with Gasteiger partial charge in [0, 0.05) is 24.7 Å². The lowest BCUT2D eigenvalue weighted by molar-refractivity contribution is -0.143. The summed E-state index contributed by atoms with van der Waals surface area (Å²) in [6.07, 6.45) is 3.30. The van der Waals surface area contributed by atoms with Crippen LogP contribution in [0.3, 0.4) is 0 Å². The Morgan fingerprint density at radius 1 is 1.13 bits per heavy atom. The van der Waals surface area contributed by atoms with Gasteiger partial charge in [-0.3, -0.25) is 19.7 Å². The Balaban J connectivity index is 1.43. The molecule has 0 bridgehead atoms. The second-order valence-electron chi connectivity index (χ2n) is 9.45. The average molecular weight is 534 g/mol. The summed E-state index contributed by atoms with van der Waals surface area (Å²) in [6.45, 7) is 2.68. The molecule has 1 aromatic heterocycles. The predicted molar refractivity (Wildman–Crippen MR) is 148 cm³/mol. The first-order valence-electron chi connectivity index (χ1n) is 13.1. The smallest absolute Gasteiger partial charge is 0.319 e. The minimum absolute atomic E-state index is 0.104. The molecule has 4 N–H and O–H groups in total. The van der Waals surface area contributed by atoms with Crippen molar-refractivity contribution in [2.24, 2.45) is 0 Å². The highest BCUT2D eigenvalue weighted by Crippen LogP contribution is 2.22. The fourth-order valence-electron chi connectivity index (χ4n) is 4.83. The van der Waals surface area contributed by atoms with Crippen LogP contribution in [0.4, 0.5) is 5.82 Å². The van der Waals surface area contributed by atoms with Crippen LogP contribution in [0.2, 0.25) is 0 Å². The number of carbonyl (C=O) groups is 3. The summed E-state index contributed by atoms with van der Waals surface area (Å²) in [5, 5.41) is 7.84. The summed E-state index contributed by atoms with van der Waals surface area (Å²) < 4.78 is 10.3. The van der Waals surface area contributed by atoms with Crippen LogP contribution in [0.15, 0.2) is 54.7 Å². The number of pyridine rings is 1. The fraction of sp³-hybridized carbons (Fsp3) is 0.379. The zero-order valence-corrected chi connectivity index (χ0v) is 22.3. The van der Waals surface area contributed by atoms with Crippen LogP contribution in [-0.4, -0.2) is 66.6 Å². The number of methoxy groups -OCH3 is 1. The standard InChI is InChI=1S/C29H35N5O5/c1-3-39-26(35)18-32-24(16-19-6-9-22(38-2)10-7-19)29(37)34-14-4-5-25(34)28(36)33-17-20-8-11-23-21(15-20)12-13-31-27(23)30/h6-13,15,24-25,32H,3-5,14,16-18H2,1-2H3,(H2,30,31)(H,33,36). The van der Waals surface area contributed by atoms with E-state index < -0.39 is 18.1 Å². The van der Waals surface area contributed by atoms with E-state index in [1.165, 1.54) is 0 Å². The predicted octanol–water partition coefficient (Wildman–Crippen LogP) is 2.20. The summed E-state index contributed by atoms with van der Waals surface area (Å²) in [5.41, 5.74) is 7.76.